The number of aromatic amines is 1. The van der Waals surface area contributed by atoms with Crippen molar-refractivity contribution in [2.75, 3.05) is 17.7 Å². The highest BCUT2D eigenvalue weighted by Crippen LogP contribution is 2.25. The summed E-state index contributed by atoms with van der Waals surface area (Å²) in [6, 6.07) is 10.7. The molecule has 2 heterocycles. The van der Waals surface area contributed by atoms with Crippen LogP contribution in [0.5, 0.6) is 5.75 Å². The zero-order chi connectivity index (χ0) is 24.0. The van der Waals surface area contributed by atoms with Gasteiger partial charge >= 0.3 is 5.69 Å². The molecule has 0 radical (unpaired) electrons. The Hall–Kier alpha value is -4.01. The van der Waals surface area contributed by atoms with Gasteiger partial charge in [0.25, 0.3) is 11.5 Å². The molecule has 0 spiro atoms. The van der Waals surface area contributed by atoms with Gasteiger partial charge in [-0.1, -0.05) is 31.5 Å². The van der Waals surface area contributed by atoms with E-state index in [0.29, 0.717) is 35.8 Å². The number of aryl methyl sites for hydroxylation is 1. The van der Waals surface area contributed by atoms with Gasteiger partial charge in [-0.05, 0) is 37.6 Å². The van der Waals surface area contributed by atoms with Crippen LogP contribution in [-0.4, -0.2) is 22.6 Å². The zero-order valence-electron chi connectivity index (χ0n) is 19.0. The summed E-state index contributed by atoms with van der Waals surface area (Å²) in [6.45, 7) is 4.10. The number of ether oxygens (including phenoxy) is 1. The van der Waals surface area contributed by atoms with Crippen molar-refractivity contribution in [3.05, 3.63) is 80.4 Å². The van der Waals surface area contributed by atoms with Gasteiger partial charge in [0.2, 0.25) is 0 Å². The number of aromatic nitrogens is 2. The number of nitrogens with one attached hydrogen (secondary N) is 1. The molecular formula is C24H28N4O5. The van der Waals surface area contributed by atoms with E-state index >= 15 is 0 Å². The third-order valence-electron chi connectivity index (χ3n) is 5.16. The van der Waals surface area contributed by atoms with Crippen molar-refractivity contribution in [2.24, 2.45) is 0 Å². The van der Waals surface area contributed by atoms with E-state index < -0.39 is 17.2 Å². The van der Waals surface area contributed by atoms with E-state index in [1.54, 1.807) is 43.3 Å². The van der Waals surface area contributed by atoms with Crippen molar-refractivity contribution in [3.63, 3.8) is 0 Å². The van der Waals surface area contributed by atoms with Crippen LogP contribution in [0.4, 0.5) is 11.5 Å². The van der Waals surface area contributed by atoms with Crippen LogP contribution >= 0.6 is 0 Å². The van der Waals surface area contributed by atoms with Gasteiger partial charge in [0.15, 0.2) is 5.69 Å². The highest BCUT2D eigenvalue weighted by Gasteiger charge is 2.24. The van der Waals surface area contributed by atoms with Gasteiger partial charge in [-0.2, -0.15) is 0 Å². The first kappa shape index (κ1) is 23.6. The second kappa shape index (κ2) is 10.5. The molecule has 3 aromatic rings. The second-order valence-corrected chi connectivity index (χ2v) is 7.52. The van der Waals surface area contributed by atoms with E-state index in [2.05, 4.69) is 4.98 Å². The Morgan fingerprint density at radius 2 is 2.00 bits per heavy atom. The predicted octanol–water partition coefficient (Wildman–Crippen LogP) is 3.08. The van der Waals surface area contributed by atoms with E-state index in [9.17, 15) is 14.4 Å². The summed E-state index contributed by atoms with van der Waals surface area (Å²) in [7, 11) is 1.52. The van der Waals surface area contributed by atoms with Crippen LogP contribution in [0.2, 0.25) is 0 Å². The largest absolute Gasteiger partial charge is 0.496 e. The molecule has 0 unspecified atom stereocenters. The molecule has 0 aliphatic rings. The summed E-state index contributed by atoms with van der Waals surface area (Å²) in [6.07, 6.45) is 4.33. The molecule has 33 heavy (non-hydrogen) atoms. The zero-order valence-corrected chi connectivity index (χ0v) is 19.0. The summed E-state index contributed by atoms with van der Waals surface area (Å²) < 4.78 is 12.2. The third-order valence-corrected chi connectivity index (χ3v) is 5.16. The maximum Gasteiger partial charge on any atom is 0.330 e. The van der Waals surface area contributed by atoms with Crippen LogP contribution in [0.25, 0.3) is 6.08 Å². The first-order valence-corrected chi connectivity index (χ1v) is 10.7. The minimum atomic E-state index is -0.740. The fraction of sp³-hybridized carbons (Fsp3) is 0.292. The molecule has 0 atom stereocenters. The maximum atomic E-state index is 13.3. The van der Waals surface area contributed by atoms with Crippen molar-refractivity contribution >= 4 is 23.5 Å². The van der Waals surface area contributed by atoms with Crippen molar-refractivity contribution in [2.45, 2.75) is 39.8 Å². The van der Waals surface area contributed by atoms with E-state index in [-0.39, 0.29) is 18.1 Å². The second-order valence-electron chi connectivity index (χ2n) is 7.52. The Morgan fingerprint density at radius 1 is 1.24 bits per heavy atom. The molecule has 0 saturated carbocycles. The van der Waals surface area contributed by atoms with Crippen LogP contribution in [-0.2, 0) is 17.9 Å². The Balaban J connectivity index is 2.10. The van der Waals surface area contributed by atoms with Crippen LogP contribution in [0.15, 0.2) is 56.5 Å². The number of nitrogen functional groups attached to an aromatic ring is 1. The standard InChI is InChI=1S/C24H28N4O5/c1-4-5-14-27-22(25)21(23(30)26-24(27)31)28(15-17-8-6-7-9-19(17)32-3)20(29)13-12-18-11-10-16(2)33-18/h6-13H,4-5,14-15,25H2,1-3H3,(H,26,30,31)/b13-12+. The average molecular weight is 453 g/mol. The Labute approximate surface area is 191 Å². The molecule has 0 saturated heterocycles. The number of hydrogen-bond donors (Lipinski definition) is 2. The van der Waals surface area contributed by atoms with Gasteiger partial charge in [-0.25, -0.2) is 4.79 Å². The molecule has 9 nitrogen and oxygen atoms in total. The van der Waals surface area contributed by atoms with Crippen molar-refractivity contribution in [1.29, 1.82) is 0 Å². The number of furan rings is 1. The van der Waals surface area contributed by atoms with E-state index in [4.69, 9.17) is 14.9 Å². The number of anilines is 2. The summed E-state index contributed by atoms with van der Waals surface area (Å²) in [5.41, 5.74) is 5.50. The number of hydrogen-bond acceptors (Lipinski definition) is 6. The lowest BCUT2D eigenvalue weighted by atomic mass is 10.1. The highest BCUT2D eigenvalue weighted by molar-refractivity contribution is 6.04. The Bertz CT molecular complexity index is 1270. The number of unbranched alkanes of at least 4 members (excludes halogenated alkanes) is 1. The van der Waals surface area contributed by atoms with Crippen LogP contribution in [0, 0.1) is 6.92 Å². The normalized spacial score (nSPS) is 11.1. The van der Waals surface area contributed by atoms with Crippen LogP contribution in [0.1, 0.15) is 36.8 Å². The van der Waals surface area contributed by atoms with E-state index in [0.717, 1.165) is 6.42 Å². The molecule has 0 aliphatic heterocycles. The number of para-hydroxylation sites is 1. The summed E-state index contributed by atoms with van der Waals surface area (Å²) in [5, 5.41) is 0. The molecule has 2 aromatic heterocycles. The van der Waals surface area contributed by atoms with Crippen LogP contribution < -0.4 is 26.6 Å². The highest BCUT2D eigenvalue weighted by atomic mass is 16.5. The number of H-pyrrole nitrogens is 1. The number of rotatable bonds is 9. The number of methoxy groups -OCH3 is 1. The quantitative estimate of drug-likeness (QED) is 0.481. The molecule has 3 N–H and O–H groups in total. The molecule has 3 rings (SSSR count). The van der Waals surface area contributed by atoms with Gasteiger partial charge in [0.1, 0.15) is 23.1 Å². The molecule has 0 fully saturated rings. The Morgan fingerprint density at radius 3 is 2.67 bits per heavy atom. The van der Waals surface area contributed by atoms with Crippen LogP contribution in [0.3, 0.4) is 0 Å². The number of carbonyl (C=O) groups excluding carboxylic acids is 1. The van der Waals surface area contributed by atoms with Gasteiger partial charge in [-0.15, -0.1) is 0 Å². The first-order valence-electron chi connectivity index (χ1n) is 10.7. The first-order chi connectivity index (χ1) is 15.8. The van der Waals surface area contributed by atoms with Gasteiger partial charge in [0.05, 0.1) is 13.7 Å². The topological polar surface area (TPSA) is 124 Å². The molecule has 0 bridgehead atoms. The van der Waals surface area contributed by atoms with Gasteiger partial charge < -0.3 is 14.9 Å². The lowest BCUT2D eigenvalue weighted by molar-refractivity contribution is -0.114. The van der Waals surface area contributed by atoms with Gasteiger partial charge in [-0.3, -0.25) is 24.0 Å². The monoisotopic (exact) mass is 452 g/mol. The minimum absolute atomic E-state index is 0.00360. The SMILES string of the molecule is CCCCn1c(N)c(N(Cc2ccccc2OC)C(=O)/C=C/c2ccc(C)o2)c(=O)[nH]c1=O. The number of benzene rings is 1. The maximum absolute atomic E-state index is 13.3. The molecule has 1 aromatic carbocycles. The molecular weight excluding hydrogens is 424 g/mol. The molecule has 1 amide bonds. The van der Waals surface area contributed by atoms with Crippen molar-refractivity contribution in [1.82, 2.24) is 9.55 Å². The van der Waals surface area contributed by atoms with Gasteiger partial charge in [0, 0.05) is 18.2 Å². The average Bonchev–Trinajstić information content (AvgIpc) is 3.21. The number of nitrogens with zero attached hydrogens (tertiary/aromatic N) is 2. The predicted molar refractivity (Wildman–Crippen MR) is 127 cm³/mol. The van der Waals surface area contributed by atoms with E-state index in [1.165, 1.54) is 28.7 Å². The van der Waals surface area contributed by atoms with E-state index in [1.807, 2.05) is 6.92 Å². The third kappa shape index (κ3) is 5.43. The molecule has 9 heteroatoms. The number of nitrogens with two attached hydrogens (primary N) is 1. The van der Waals surface area contributed by atoms with Crippen molar-refractivity contribution < 1.29 is 13.9 Å². The number of amides is 1. The summed E-state index contributed by atoms with van der Waals surface area (Å²) in [4.78, 5) is 42.0. The fourth-order valence-corrected chi connectivity index (χ4v) is 3.43. The fourth-order valence-electron chi connectivity index (χ4n) is 3.43. The smallest absolute Gasteiger partial charge is 0.330 e. The lowest BCUT2D eigenvalue weighted by Crippen LogP contribution is -2.40. The summed E-state index contributed by atoms with van der Waals surface area (Å²) in [5.74, 6) is 1.18. The minimum Gasteiger partial charge on any atom is -0.496 e. The summed E-state index contributed by atoms with van der Waals surface area (Å²) >= 11 is 0. The molecule has 0 aliphatic carbocycles. The lowest BCUT2D eigenvalue weighted by Gasteiger charge is -2.24. The number of carbonyl (C=O) groups is 1. The Kier molecular flexibility index (Phi) is 7.55. The van der Waals surface area contributed by atoms with Crippen molar-refractivity contribution in [3.8, 4) is 5.75 Å². The molecule has 174 valence electrons.